The molecule has 0 spiro atoms. The number of aryl methyl sites for hydroxylation is 2. The SMILES string of the molecule is C=CC.Cc1cc(C)cc(C(=O)N(NC(=O)c2ccc3c(c2)B(S)N(c2ccccn2)N=C3)C(C)(C)C)c1. The van der Waals surface area contributed by atoms with Crippen LogP contribution in [0.1, 0.15) is 65.1 Å². The van der Waals surface area contributed by atoms with Gasteiger partial charge in [0.05, 0.1) is 11.8 Å². The Hall–Kier alpha value is -3.85. The van der Waals surface area contributed by atoms with Gasteiger partial charge in [-0.15, -0.1) is 6.58 Å². The van der Waals surface area contributed by atoms with Crippen LogP contribution in [0.3, 0.4) is 0 Å². The van der Waals surface area contributed by atoms with Crippen molar-refractivity contribution in [1.82, 2.24) is 15.4 Å². The van der Waals surface area contributed by atoms with Crippen molar-refractivity contribution in [2.75, 3.05) is 4.92 Å². The number of amides is 2. The summed E-state index contributed by atoms with van der Waals surface area (Å²) in [5.74, 6) is 0.00577. The number of rotatable bonds is 3. The van der Waals surface area contributed by atoms with Gasteiger partial charge in [0.1, 0.15) is 5.82 Å². The van der Waals surface area contributed by atoms with Crippen molar-refractivity contribution < 1.29 is 9.59 Å². The van der Waals surface area contributed by atoms with Crippen LogP contribution in [0.25, 0.3) is 0 Å². The van der Waals surface area contributed by atoms with Crippen LogP contribution >= 0.6 is 12.5 Å². The number of pyridine rings is 1. The lowest BCUT2D eigenvalue weighted by Crippen LogP contribution is -2.56. The maximum atomic E-state index is 13.4. The Morgan fingerprint density at radius 2 is 1.71 bits per heavy atom. The lowest BCUT2D eigenvalue weighted by molar-refractivity contribution is 0.0358. The predicted molar refractivity (Wildman–Crippen MR) is 160 cm³/mol. The molecule has 2 aromatic carbocycles. The van der Waals surface area contributed by atoms with E-state index < -0.39 is 11.7 Å². The van der Waals surface area contributed by atoms with Crippen LogP contribution in [0.5, 0.6) is 0 Å². The molecule has 196 valence electrons. The molecule has 2 heterocycles. The van der Waals surface area contributed by atoms with E-state index in [-0.39, 0.29) is 11.8 Å². The van der Waals surface area contributed by atoms with Crippen LogP contribution in [0.15, 0.2) is 78.6 Å². The van der Waals surface area contributed by atoms with Crippen LogP contribution in [-0.4, -0.2) is 39.7 Å². The molecule has 3 aromatic rings. The van der Waals surface area contributed by atoms with E-state index in [9.17, 15) is 9.59 Å². The van der Waals surface area contributed by atoms with Crippen molar-refractivity contribution in [3.05, 3.63) is 101 Å². The highest BCUT2D eigenvalue weighted by atomic mass is 32.1. The predicted octanol–water partition coefficient (Wildman–Crippen LogP) is 4.96. The fourth-order valence-corrected chi connectivity index (χ4v) is 4.37. The topological polar surface area (TPSA) is 77.9 Å². The van der Waals surface area contributed by atoms with E-state index in [0.29, 0.717) is 16.9 Å². The monoisotopic (exact) mass is 527 g/mol. The van der Waals surface area contributed by atoms with E-state index in [2.05, 4.69) is 22.1 Å². The number of carbonyl (C=O) groups excluding carboxylic acids is 2. The number of carbonyl (C=O) groups is 2. The van der Waals surface area contributed by atoms with Crippen LogP contribution in [0.2, 0.25) is 0 Å². The Kier molecular flexibility index (Phi) is 9.17. The van der Waals surface area contributed by atoms with Crippen LogP contribution in [-0.2, 0) is 0 Å². The molecule has 0 radical (unpaired) electrons. The van der Waals surface area contributed by atoms with Gasteiger partial charge in [0.15, 0.2) is 0 Å². The Morgan fingerprint density at radius 1 is 1.05 bits per heavy atom. The second kappa shape index (κ2) is 12.1. The Morgan fingerprint density at radius 3 is 2.29 bits per heavy atom. The molecule has 1 aromatic heterocycles. The summed E-state index contributed by atoms with van der Waals surface area (Å²) in [6, 6.07) is 16.6. The number of nitrogens with zero attached hydrogens (tertiary/aromatic N) is 4. The molecule has 0 aliphatic carbocycles. The lowest BCUT2D eigenvalue weighted by atomic mass is 9.74. The minimum atomic E-state index is -0.646. The molecule has 1 aliphatic rings. The second-order valence-corrected chi connectivity index (χ2v) is 10.5. The van der Waals surface area contributed by atoms with E-state index in [1.54, 1.807) is 35.5 Å². The number of benzene rings is 2. The zero-order chi connectivity index (χ0) is 28.0. The number of hydrogen-bond acceptors (Lipinski definition) is 6. The summed E-state index contributed by atoms with van der Waals surface area (Å²) in [5.41, 5.74) is 6.80. The quantitative estimate of drug-likeness (QED) is 0.219. The third kappa shape index (κ3) is 6.72. The minimum Gasteiger partial charge on any atom is -0.277 e. The number of thiol groups is 1. The van der Waals surface area contributed by atoms with E-state index in [1.807, 2.05) is 84.0 Å². The van der Waals surface area contributed by atoms with Gasteiger partial charge in [-0.3, -0.25) is 19.9 Å². The van der Waals surface area contributed by atoms with Gasteiger partial charge in [-0.25, -0.2) is 9.99 Å². The van der Waals surface area contributed by atoms with Gasteiger partial charge in [-0.05, 0) is 82.9 Å². The van der Waals surface area contributed by atoms with Crippen molar-refractivity contribution in [2.45, 2.75) is 47.1 Å². The van der Waals surface area contributed by atoms with Crippen molar-refractivity contribution in [2.24, 2.45) is 5.10 Å². The average molecular weight is 528 g/mol. The van der Waals surface area contributed by atoms with Crippen molar-refractivity contribution in [3.8, 4) is 0 Å². The van der Waals surface area contributed by atoms with Gasteiger partial charge in [-0.1, -0.05) is 41.5 Å². The molecule has 2 amide bonds. The van der Waals surface area contributed by atoms with E-state index in [4.69, 9.17) is 12.5 Å². The zero-order valence-electron chi connectivity index (χ0n) is 22.8. The summed E-state index contributed by atoms with van der Waals surface area (Å²) >= 11 is 4.75. The largest absolute Gasteiger partial charge is 0.381 e. The van der Waals surface area contributed by atoms with Crippen molar-refractivity contribution in [3.63, 3.8) is 0 Å². The first-order valence-electron chi connectivity index (χ1n) is 12.3. The Labute approximate surface area is 231 Å². The Balaban J connectivity index is 0.00000127. The number of anilines is 1. The van der Waals surface area contributed by atoms with Gasteiger partial charge in [0.2, 0.25) is 0 Å². The van der Waals surface area contributed by atoms with E-state index in [0.717, 1.165) is 22.2 Å². The number of hydrazine groups is 1. The van der Waals surface area contributed by atoms with Crippen molar-refractivity contribution >= 4 is 47.9 Å². The molecule has 0 fully saturated rings. The van der Waals surface area contributed by atoms with Crippen LogP contribution < -0.4 is 15.8 Å². The third-order valence-corrected chi connectivity index (χ3v) is 6.12. The molecular formula is C29H34BN5O2S. The normalized spacial score (nSPS) is 12.2. The van der Waals surface area contributed by atoms with Gasteiger partial charge in [0, 0.05) is 17.3 Å². The first kappa shape index (κ1) is 28.7. The molecular weight excluding hydrogens is 493 g/mol. The summed E-state index contributed by atoms with van der Waals surface area (Å²) in [4.78, 5) is 32.8. The number of allylic oxidation sites excluding steroid dienone is 1. The average Bonchev–Trinajstić information content (AvgIpc) is 2.86. The molecule has 0 saturated heterocycles. The minimum absolute atomic E-state index is 0.267. The highest BCUT2D eigenvalue weighted by Crippen LogP contribution is 2.20. The molecule has 1 aliphatic heterocycles. The summed E-state index contributed by atoms with van der Waals surface area (Å²) in [6.07, 6.45) is 4.75. The molecule has 7 nitrogen and oxygen atoms in total. The highest BCUT2D eigenvalue weighted by molar-refractivity contribution is 8.12. The molecule has 9 heteroatoms. The smallest absolute Gasteiger partial charge is 0.277 e. The third-order valence-electron chi connectivity index (χ3n) is 5.62. The number of aromatic nitrogens is 1. The second-order valence-electron chi connectivity index (χ2n) is 10.0. The molecule has 0 saturated carbocycles. The van der Waals surface area contributed by atoms with E-state index in [1.165, 1.54) is 5.01 Å². The first-order valence-corrected chi connectivity index (χ1v) is 12.8. The molecule has 0 atom stereocenters. The standard InChI is InChI=1S/C26H28BN5O2S.C3H6/c1-17-12-18(2)14-21(13-17)25(34)31(26(3,4)5)30-24(33)19-9-10-20-16-29-32(27(35)22(20)15-19)23-8-6-7-11-28-23;1-3-2/h6-16,35H,1-5H3,(H,30,33);3H,1H2,2H3. The number of hydrogen-bond donors (Lipinski definition) is 2. The summed E-state index contributed by atoms with van der Waals surface area (Å²) in [7, 11) is 0. The fraction of sp³-hybridized carbons (Fsp3) is 0.241. The van der Waals surface area contributed by atoms with E-state index >= 15 is 0 Å². The van der Waals surface area contributed by atoms with Crippen LogP contribution in [0.4, 0.5) is 5.82 Å². The number of hydrazone groups is 1. The maximum absolute atomic E-state index is 13.4. The molecule has 38 heavy (non-hydrogen) atoms. The molecule has 0 bridgehead atoms. The first-order chi connectivity index (χ1) is 18.0. The van der Waals surface area contributed by atoms with Gasteiger partial charge < -0.3 is 0 Å². The number of fused-ring (bicyclic) bond motifs is 1. The zero-order valence-corrected chi connectivity index (χ0v) is 23.7. The Bertz CT molecular complexity index is 1330. The summed E-state index contributed by atoms with van der Waals surface area (Å²) in [5, 5.41) is 5.86. The summed E-state index contributed by atoms with van der Waals surface area (Å²) in [6.45, 7) is 14.8. The summed E-state index contributed by atoms with van der Waals surface area (Å²) < 4.78 is 0. The van der Waals surface area contributed by atoms with Gasteiger partial charge in [0.25, 0.3) is 11.8 Å². The fourth-order valence-electron chi connectivity index (χ4n) is 3.97. The lowest BCUT2D eigenvalue weighted by Gasteiger charge is -2.35. The van der Waals surface area contributed by atoms with Gasteiger partial charge >= 0.3 is 6.13 Å². The highest BCUT2D eigenvalue weighted by Gasteiger charge is 2.32. The molecule has 4 rings (SSSR count). The van der Waals surface area contributed by atoms with Crippen LogP contribution in [0, 0.1) is 13.8 Å². The number of nitrogens with one attached hydrogen (secondary N) is 1. The maximum Gasteiger partial charge on any atom is 0.381 e. The molecule has 0 unspecified atom stereocenters. The van der Waals surface area contributed by atoms with Gasteiger partial charge in [-0.2, -0.15) is 17.6 Å². The molecule has 1 N–H and O–H groups in total. The van der Waals surface area contributed by atoms with Crippen molar-refractivity contribution in [1.29, 1.82) is 0 Å².